The van der Waals surface area contributed by atoms with Gasteiger partial charge in [0.15, 0.2) is 0 Å². The van der Waals surface area contributed by atoms with Crippen molar-refractivity contribution in [1.82, 2.24) is 9.88 Å². The van der Waals surface area contributed by atoms with Gasteiger partial charge < -0.3 is 4.74 Å². The molecule has 0 saturated carbocycles. The molecule has 4 rings (SSSR count). The molecule has 0 saturated heterocycles. The molecule has 1 aromatic heterocycles. The highest BCUT2D eigenvalue weighted by Crippen LogP contribution is 2.53. The number of pyridine rings is 1. The second kappa shape index (κ2) is 6.81. The number of aromatic nitrogens is 1. The molecule has 27 heavy (non-hydrogen) atoms. The Kier molecular flexibility index (Phi) is 4.61. The summed E-state index contributed by atoms with van der Waals surface area (Å²) >= 11 is 6.23. The smallest absolute Gasteiger partial charge is 0.219 e. The normalized spacial score (nSPS) is 26.3. The van der Waals surface area contributed by atoms with Crippen molar-refractivity contribution in [2.45, 2.75) is 25.3 Å². The summed E-state index contributed by atoms with van der Waals surface area (Å²) in [5.41, 5.74) is 3.73. The van der Waals surface area contributed by atoms with E-state index in [1.165, 1.54) is 11.1 Å². The van der Waals surface area contributed by atoms with Crippen LogP contribution in [-0.2, 0) is 12.0 Å². The molecule has 0 radical (unpaired) electrons. The van der Waals surface area contributed by atoms with Crippen LogP contribution in [0.1, 0.15) is 24.6 Å². The molecule has 0 fully saturated rings. The molecule has 3 nitrogen and oxygen atoms in total. The van der Waals surface area contributed by atoms with Crippen LogP contribution < -0.4 is 4.74 Å². The van der Waals surface area contributed by atoms with Crippen LogP contribution >= 0.6 is 11.6 Å². The third-order valence-corrected chi connectivity index (χ3v) is 6.32. The van der Waals surface area contributed by atoms with E-state index in [1.807, 2.05) is 30.3 Å². The van der Waals surface area contributed by atoms with Gasteiger partial charge in [-0.3, -0.25) is 4.90 Å². The summed E-state index contributed by atoms with van der Waals surface area (Å²) in [5.74, 6) is 2.01. The van der Waals surface area contributed by atoms with Gasteiger partial charge in [-0.05, 0) is 63.5 Å². The Morgan fingerprint density at radius 3 is 2.74 bits per heavy atom. The molecule has 0 unspecified atom stereocenters. The van der Waals surface area contributed by atoms with Crippen LogP contribution in [0.15, 0.2) is 60.7 Å². The van der Waals surface area contributed by atoms with Gasteiger partial charge >= 0.3 is 0 Å². The molecule has 0 N–H and O–H groups in total. The number of rotatable bonds is 4. The summed E-state index contributed by atoms with van der Waals surface area (Å²) in [4.78, 5) is 7.23. The number of nitrogens with zero attached hydrogens (tertiary/aromatic N) is 2. The maximum atomic E-state index is 6.23. The zero-order valence-corrected chi connectivity index (χ0v) is 16.8. The summed E-state index contributed by atoms with van der Waals surface area (Å²) in [7, 11) is 4.32. The van der Waals surface area contributed by atoms with E-state index in [0.717, 1.165) is 18.5 Å². The second-order valence-electron chi connectivity index (χ2n) is 7.81. The second-order valence-corrected chi connectivity index (χ2v) is 8.22. The molecule has 4 heteroatoms. The monoisotopic (exact) mass is 380 g/mol. The topological polar surface area (TPSA) is 25.4 Å². The number of allylic oxidation sites excluding steroid dienone is 1. The van der Waals surface area contributed by atoms with Crippen molar-refractivity contribution in [2.24, 2.45) is 11.8 Å². The van der Waals surface area contributed by atoms with Gasteiger partial charge in [-0.15, -0.1) is 6.58 Å². The molecule has 0 amide bonds. The van der Waals surface area contributed by atoms with E-state index in [0.29, 0.717) is 28.5 Å². The van der Waals surface area contributed by atoms with Crippen molar-refractivity contribution in [2.75, 3.05) is 14.1 Å². The molecule has 1 aromatic carbocycles. The lowest BCUT2D eigenvalue weighted by Gasteiger charge is -2.54. The highest BCUT2D eigenvalue weighted by atomic mass is 35.5. The first-order valence-corrected chi connectivity index (χ1v) is 9.73. The quantitative estimate of drug-likeness (QED) is 0.644. The van der Waals surface area contributed by atoms with Crippen LogP contribution in [-0.4, -0.2) is 24.0 Å². The lowest BCUT2D eigenvalue weighted by atomic mass is 9.59. The van der Waals surface area contributed by atoms with Crippen molar-refractivity contribution in [3.05, 3.63) is 77.0 Å². The number of hydrogen-bond acceptors (Lipinski definition) is 3. The van der Waals surface area contributed by atoms with Gasteiger partial charge in [-0.25, -0.2) is 4.98 Å². The lowest BCUT2D eigenvalue weighted by Crippen LogP contribution is -2.54. The molecule has 3 atom stereocenters. The standard InChI is InChI=1S/C23H25ClN2O/c1-5-17-16-12-15(2)14-23(17,26(3)4)18-10-11-22(25-20(18)13-16)27-21-9-7-6-8-19(21)24/h5-12,16-17H,1,13-14H2,2-4H3/t16-,17+,23+/m0/s1. The van der Waals surface area contributed by atoms with Crippen molar-refractivity contribution >= 4 is 11.6 Å². The first-order chi connectivity index (χ1) is 13.0. The van der Waals surface area contributed by atoms with Gasteiger partial charge in [-0.2, -0.15) is 0 Å². The zero-order chi connectivity index (χ0) is 19.2. The predicted octanol–water partition coefficient (Wildman–Crippen LogP) is 5.61. The van der Waals surface area contributed by atoms with Crippen molar-refractivity contribution in [3.63, 3.8) is 0 Å². The Hall–Kier alpha value is -2.10. The van der Waals surface area contributed by atoms with E-state index < -0.39 is 0 Å². The molecule has 2 bridgehead atoms. The molecule has 1 heterocycles. The van der Waals surface area contributed by atoms with Gasteiger partial charge in [0.05, 0.1) is 16.3 Å². The molecule has 2 aliphatic carbocycles. The molecule has 0 spiro atoms. The number of fused-ring (bicyclic) bond motifs is 4. The number of ether oxygens (including phenoxy) is 1. The summed E-state index contributed by atoms with van der Waals surface area (Å²) in [6, 6.07) is 11.6. The summed E-state index contributed by atoms with van der Waals surface area (Å²) in [6.07, 6.45) is 6.43. The van der Waals surface area contributed by atoms with Crippen LogP contribution in [0.25, 0.3) is 0 Å². The summed E-state index contributed by atoms with van der Waals surface area (Å²) in [5, 5.41) is 0.587. The molecule has 2 aromatic rings. The Balaban J connectivity index is 1.79. The maximum Gasteiger partial charge on any atom is 0.219 e. The van der Waals surface area contributed by atoms with E-state index in [4.69, 9.17) is 21.3 Å². The van der Waals surface area contributed by atoms with Crippen LogP contribution in [0.3, 0.4) is 0 Å². The predicted molar refractivity (Wildman–Crippen MR) is 110 cm³/mol. The lowest BCUT2D eigenvalue weighted by molar-refractivity contribution is 0.0537. The Morgan fingerprint density at radius 1 is 1.26 bits per heavy atom. The van der Waals surface area contributed by atoms with Crippen LogP contribution in [0.5, 0.6) is 11.6 Å². The number of benzene rings is 1. The van der Waals surface area contributed by atoms with Crippen molar-refractivity contribution < 1.29 is 4.74 Å². The minimum Gasteiger partial charge on any atom is -0.437 e. The molecule has 0 aliphatic heterocycles. The van der Waals surface area contributed by atoms with E-state index in [-0.39, 0.29) is 5.54 Å². The first-order valence-electron chi connectivity index (χ1n) is 9.36. The highest BCUT2D eigenvalue weighted by molar-refractivity contribution is 6.32. The van der Waals surface area contributed by atoms with Crippen molar-refractivity contribution in [3.8, 4) is 11.6 Å². The fraction of sp³-hybridized carbons (Fsp3) is 0.348. The largest absolute Gasteiger partial charge is 0.437 e. The summed E-state index contributed by atoms with van der Waals surface area (Å²) in [6.45, 7) is 6.39. The van der Waals surface area contributed by atoms with Gasteiger partial charge in [0, 0.05) is 12.0 Å². The first kappa shape index (κ1) is 18.3. The number of halogens is 1. The average Bonchev–Trinajstić information content (AvgIpc) is 2.62. The Bertz CT molecular complexity index is 920. The third kappa shape index (κ3) is 2.90. The van der Waals surface area contributed by atoms with Crippen LogP contribution in [0, 0.1) is 11.8 Å². The molecular weight excluding hydrogens is 356 g/mol. The highest BCUT2D eigenvalue weighted by Gasteiger charge is 2.51. The van der Waals surface area contributed by atoms with E-state index in [2.05, 4.69) is 50.7 Å². The molecular formula is C23H25ClN2O. The van der Waals surface area contributed by atoms with Gasteiger partial charge in [0.1, 0.15) is 5.75 Å². The molecule has 2 aliphatic rings. The SMILES string of the molecule is C=C[C@@H]1[C@H]2C=C(C)C[C@]1(N(C)C)c1ccc(Oc3ccccc3Cl)nc1C2. The van der Waals surface area contributed by atoms with E-state index in [9.17, 15) is 0 Å². The molecule has 140 valence electrons. The van der Waals surface area contributed by atoms with Gasteiger partial charge in [0.2, 0.25) is 5.88 Å². The van der Waals surface area contributed by atoms with Crippen LogP contribution in [0.2, 0.25) is 5.02 Å². The third-order valence-electron chi connectivity index (χ3n) is 6.01. The maximum absolute atomic E-state index is 6.23. The van der Waals surface area contributed by atoms with E-state index in [1.54, 1.807) is 0 Å². The van der Waals surface area contributed by atoms with E-state index >= 15 is 0 Å². The minimum atomic E-state index is -0.102. The summed E-state index contributed by atoms with van der Waals surface area (Å²) < 4.78 is 5.97. The van der Waals surface area contributed by atoms with Crippen molar-refractivity contribution in [1.29, 1.82) is 0 Å². The minimum absolute atomic E-state index is 0.102. The number of para-hydroxylation sites is 1. The fourth-order valence-electron chi connectivity index (χ4n) is 4.90. The number of hydrogen-bond donors (Lipinski definition) is 0. The fourth-order valence-corrected chi connectivity index (χ4v) is 5.08. The Morgan fingerprint density at radius 2 is 2.04 bits per heavy atom. The van der Waals surface area contributed by atoms with Crippen LogP contribution in [0.4, 0.5) is 0 Å². The average molecular weight is 381 g/mol. The Labute approximate surface area is 166 Å². The zero-order valence-electron chi connectivity index (χ0n) is 16.1. The van der Waals surface area contributed by atoms with Gasteiger partial charge in [0.25, 0.3) is 0 Å². The van der Waals surface area contributed by atoms with Gasteiger partial charge in [-0.1, -0.05) is 41.5 Å².